The predicted octanol–water partition coefficient (Wildman–Crippen LogP) is 3.08. The summed E-state index contributed by atoms with van der Waals surface area (Å²) in [5, 5.41) is 0.756. The highest BCUT2D eigenvalue weighted by Crippen LogP contribution is 2.21. The van der Waals surface area contributed by atoms with Crippen LogP contribution < -0.4 is 5.56 Å². The number of nitrogens with one attached hydrogen (secondary N) is 2. The summed E-state index contributed by atoms with van der Waals surface area (Å²) in [7, 11) is 1.30. The van der Waals surface area contributed by atoms with Gasteiger partial charge in [0.1, 0.15) is 5.69 Å². The summed E-state index contributed by atoms with van der Waals surface area (Å²) in [5.74, 6) is -0.212. The molecule has 2 aromatic heterocycles. The zero-order valence-corrected chi connectivity index (χ0v) is 13.8. The molecule has 3 rings (SSSR count). The number of ether oxygens (including phenoxy) is 1. The van der Waals surface area contributed by atoms with Gasteiger partial charge < -0.3 is 14.7 Å². The van der Waals surface area contributed by atoms with Crippen molar-refractivity contribution in [1.82, 2.24) is 15.0 Å². The zero-order chi connectivity index (χ0) is 17.3. The van der Waals surface area contributed by atoms with Crippen molar-refractivity contribution in [3.05, 3.63) is 63.5 Å². The molecule has 0 aliphatic heterocycles. The molecular formula is C17H14ClN3O3. The average Bonchev–Trinajstić information content (AvgIpc) is 3.03. The number of halogens is 1. The normalized spacial score (nSPS) is 11.7. The topological polar surface area (TPSA) is 87.8 Å². The summed E-state index contributed by atoms with van der Waals surface area (Å²) in [4.78, 5) is 33.6. The molecule has 3 aromatic rings. The van der Waals surface area contributed by atoms with E-state index >= 15 is 0 Å². The van der Waals surface area contributed by atoms with Gasteiger partial charge >= 0.3 is 5.97 Å². The number of rotatable bonds is 3. The smallest absolute Gasteiger partial charge is 0.354 e. The number of hydrogen-bond donors (Lipinski definition) is 2. The molecule has 0 fully saturated rings. The number of esters is 1. The predicted molar refractivity (Wildman–Crippen MR) is 93.0 cm³/mol. The first-order valence-corrected chi connectivity index (χ1v) is 7.52. The second-order valence-corrected chi connectivity index (χ2v) is 5.60. The Morgan fingerprint density at radius 3 is 2.79 bits per heavy atom. The number of para-hydroxylation sites is 1. The van der Waals surface area contributed by atoms with Crippen LogP contribution in [0.5, 0.6) is 0 Å². The Morgan fingerprint density at radius 2 is 2.04 bits per heavy atom. The molecule has 0 aliphatic carbocycles. The number of carbonyl (C=O) groups excluding carboxylic acids is 1. The highest BCUT2D eigenvalue weighted by atomic mass is 35.5. The first kappa shape index (κ1) is 16.0. The highest BCUT2D eigenvalue weighted by molar-refractivity contribution is 6.50. The number of carbonyl (C=O) groups is 1. The quantitative estimate of drug-likeness (QED) is 0.715. The summed E-state index contributed by atoms with van der Waals surface area (Å²) in [5.41, 5.74) is 2.13. The number of nitrogens with zero attached hydrogens (tertiary/aromatic N) is 1. The lowest BCUT2D eigenvalue weighted by Crippen LogP contribution is -2.11. The van der Waals surface area contributed by atoms with E-state index < -0.39 is 5.97 Å². The van der Waals surface area contributed by atoms with E-state index in [1.165, 1.54) is 7.11 Å². The van der Waals surface area contributed by atoms with Crippen LogP contribution >= 0.6 is 11.6 Å². The summed E-state index contributed by atoms with van der Waals surface area (Å²) in [6.07, 6.45) is 1.58. The van der Waals surface area contributed by atoms with Gasteiger partial charge in [0.25, 0.3) is 5.56 Å². The van der Waals surface area contributed by atoms with Crippen molar-refractivity contribution in [1.29, 1.82) is 0 Å². The Kier molecular flexibility index (Phi) is 4.22. The molecule has 6 nitrogen and oxygen atoms in total. The summed E-state index contributed by atoms with van der Waals surface area (Å²) < 4.78 is 4.63. The maximum absolute atomic E-state index is 12.2. The lowest BCUT2D eigenvalue weighted by molar-refractivity contribution is 0.0595. The molecule has 2 heterocycles. The van der Waals surface area contributed by atoms with Crippen LogP contribution in [0.3, 0.4) is 0 Å². The van der Waals surface area contributed by atoms with Crippen LogP contribution in [0.25, 0.3) is 22.0 Å². The van der Waals surface area contributed by atoms with Crippen molar-refractivity contribution in [2.24, 2.45) is 0 Å². The number of aromatic nitrogens is 3. The summed E-state index contributed by atoms with van der Waals surface area (Å²) in [6, 6.07) is 8.66. The van der Waals surface area contributed by atoms with E-state index in [1.807, 2.05) is 13.0 Å². The van der Waals surface area contributed by atoms with Gasteiger partial charge in [-0.15, -0.1) is 0 Å². The third-order valence-electron chi connectivity index (χ3n) is 3.56. The molecule has 24 heavy (non-hydrogen) atoms. The second kappa shape index (κ2) is 6.33. The second-order valence-electron chi connectivity index (χ2n) is 5.20. The van der Waals surface area contributed by atoms with E-state index in [1.54, 1.807) is 30.3 Å². The van der Waals surface area contributed by atoms with Gasteiger partial charge in [-0.3, -0.25) is 4.79 Å². The van der Waals surface area contributed by atoms with Crippen LogP contribution in [0.2, 0.25) is 0 Å². The van der Waals surface area contributed by atoms with Gasteiger partial charge in [0.05, 0.1) is 23.0 Å². The fourth-order valence-corrected chi connectivity index (χ4v) is 2.56. The molecule has 0 bridgehead atoms. The molecule has 7 heteroatoms. The Labute approximate surface area is 142 Å². The van der Waals surface area contributed by atoms with E-state index in [9.17, 15) is 9.59 Å². The lowest BCUT2D eigenvalue weighted by Gasteiger charge is -2.04. The molecule has 122 valence electrons. The van der Waals surface area contributed by atoms with Crippen molar-refractivity contribution in [3.63, 3.8) is 0 Å². The van der Waals surface area contributed by atoms with Gasteiger partial charge in [-0.25, -0.2) is 9.78 Å². The summed E-state index contributed by atoms with van der Waals surface area (Å²) in [6.45, 7) is 1.88. The monoisotopic (exact) mass is 343 g/mol. The maximum atomic E-state index is 12.2. The van der Waals surface area contributed by atoms with Crippen LogP contribution in [0, 0.1) is 6.92 Å². The van der Waals surface area contributed by atoms with Crippen LogP contribution in [0.1, 0.15) is 27.6 Å². The summed E-state index contributed by atoms with van der Waals surface area (Å²) >= 11 is 6.28. The maximum Gasteiger partial charge on any atom is 0.354 e. The number of benzene rings is 1. The van der Waals surface area contributed by atoms with Gasteiger partial charge in [0, 0.05) is 5.69 Å². The van der Waals surface area contributed by atoms with E-state index in [4.69, 9.17) is 11.6 Å². The molecule has 1 aromatic carbocycles. The van der Waals surface area contributed by atoms with E-state index in [2.05, 4.69) is 19.7 Å². The molecule has 0 atom stereocenters. The van der Waals surface area contributed by atoms with Crippen LogP contribution in [0.15, 0.2) is 35.1 Å². The lowest BCUT2D eigenvalue weighted by atomic mass is 10.1. The van der Waals surface area contributed by atoms with Crippen molar-refractivity contribution in [3.8, 4) is 0 Å². The molecule has 2 N–H and O–H groups in total. The zero-order valence-electron chi connectivity index (χ0n) is 13.0. The number of aryl methyl sites for hydroxylation is 1. The minimum atomic E-state index is -0.473. The molecule has 0 spiro atoms. The number of methoxy groups -OCH3 is 1. The van der Waals surface area contributed by atoms with Crippen LogP contribution in [-0.4, -0.2) is 28.0 Å². The minimum Gasteiger partial charge on any atom is -0.464 e. The van der Waals surface area contributed by atoms with Crippen molar-refractivity contribution in [2.75, 3.05) is 7.11 Å². The van der Waals surface area contributed by atoms with Gasteiger partial charge in [-0.1, -0.05) is 23.7 Å². The van der Waals surface area contributed by atoms with Crippen LogP contribution in [0.4, 0.5) is 0 Å². The van der Waals surface area contributed by atoms with E-state index in [0.29, 0.717) is 22.3 Å². The number of hydrogen-bond acceptors (Lipinski definition) is 4. The molecule has 0 amide bonds. The minimum absolute atomic E-state index is 0.246. The molecule has 0 aliphatic rings. The number of fused-ring (bicyclic) bond motifs is 1. The largest absolute Gasteiger partial charge is 0.464 e. The van der Waals surface area contributed by atoms with E-state index in [-0.39, 0.29) is 16.4 Å². The van der Waals surface area contributed by atoms with Crippen molar-refractivity contribution in [2.45, 2.75) is 6.92 Å². The fourth-order valence-electron chi connectivity index (χ4n) is 2.35. The van der Waals surface area contributed by atoms with Crippen molar-refractivity contribution < 1.29 is 9.53 Å². The fraction of sp³-hybridized carbons (Fsp3) is 0.118. The van der Waals surface area contributed by atoms with E-state index in [0.717, 1.165) is 5.56 Å². The first-order valence-electron chi connectivity index (χ1n) is 7.14. The van der Waals surface area contributed by atoms with Gasteiger partial charge in [-0.05, 0) is 36.8 Å². The Hall–Kier alpha value is -2.86. The first-order chi connectivity index (χ1) is 11.5. The number of aromatic amines is 2. The standard InChI is InChI=1S/C17H14ClN3O3/c1-9-4-3-5-11-14(9)20-15(21-16(11)22)12(18)8-10-6-7-13(19-10)17(23)24-2/h3-8,19H,1-2H3,(H,20,21,22). The molecule has 0 saturated heterocycles. The molecular weight excluding hydrogens is 330 g/mol. The molecule has 0 radical (unpaired) electrons. The highest BCUT2D eigenvalue weighted by Gasteiger charge is 2.10. The Balaban J connectivity index is 2.03. The third kappa shape index (κ3) is 2.96. The Bertz CT molecular complexity index is 1020. The van der Waals surface area contributed by atoms with Gasteiger partial charge in [0.15, 0.2) is 5.82 Å². The molecule has 0 saturated carbocycles. The van der Waals surface area contributed by atoms with Crippen molar-refractivity contribution >= 4 is 39.6 Å². The molecule has 0 unspecified atom stereocenters. The van der Waals surface area contributed by atoms with Crippen LogP contribution in [-0.2, 0) is 4.74 Å². The number of H-pyrrole nitrogens is 2. The third-order valence-corrected chi connectivity index (χ3v) is 3.85. The van der Waals surface area contributed by atoms with Gasteiger partial charge in [-0.2, -0.15) is 0 Å². The Morgan fingerprint density at radius 1 is 1.25 bits per heavy atom. The average molecular weight is 344 g/mol. The van der Waals surface area contributed by atoms with Gasteiger partial charge in [0.2, 0.25) is 0 Å². The SMILES string of the molecule is COC(=O)c1ccc(C=C(Cl)c2nc3c(C)cccc3c(=O)[nH]2)[nH]1.